The standard InChI is InChI=1S/C20H18FNO5/c21-15-7-12(5-6-16(15)23)8-18(24)22-9-14-13-3-1-2-4-17(13)27-11-20(14,10-22)19(25)26/h1-7,14,23H,8-11H2,(H,25,26)/t14-,20-/m1/s1. The van der Waals surface area contributed by atoms with Crippen molar-refractivity contribution >= 4 is 11.9 Å². The van der Waals surface area contributed by atoms with Crippen LogP contribution < -0.4 is 4.74 Å². The highest BCUT2D eigenvalue weighted by atomic mass is 19.1. The molecule has 27 heavy (non-hydrogen) atoms. The van der Waals surface area contributed by atoms with Crippen molar-refractivity contribution in [1.29, 1.82) is 0 Å². The third kappa shape index (κ3) is 2.79. The maximum atomic E-state index is 13.5. The van der Waals surface area contributed by atoms with Gasteiger partial charge in [-0.15, -0.1) is 0 Å². The largest absolute Gasteiger partial charge is 0.505 e. The van der Waals surface area contributed by atoms with Crippen molar-refractivity contribution in [3.63, 3.8) is 0 Å². The summed E-state index contributed by atoms with van der Waals surface area (Å²) in [5, 5.41) is 19.2. The first kappa shape index (κ1) is 17.3. The Morgan fingerprint density at radius 3 is 2.78 bits per heavy atom. The average Bonchev–Trinajstić information content (AvgIpc) is 3.07. The van der Waals surface area contributed by atoms with Gasteiger partial charge in [0.1, 0.15) is 17.8 Å². The molecule has 2 aliphatic heterocycles. The number of nitrogens with zero attached hydrogens (tertiary/aromatic N) is 1. The molecule has 0 aromatic heterocycles. The van der Waals surface area contributed by atoms with Gasteiger partial charge in [-0.2, -0.15) is 0 Å². The third-order valence-corrected chi connectivity index (χ3v) is 5.47. The summed E-state index contributed by atoms with van der Waals surface area (Å²) in [5.74, 6) is -2.26. The molecular formula is C20H18FNO5. The van der Waals surface area contributed by atoms with E-state index in [1.807, 2.05) is 18.2 Å². The van der Waals surface area contributed by atoms with Crippen molar-refractivity contribution in [3.05, 3.63) is 59.4 Å². The third-order valence-electron chi connectivity index (χ3n) is 5.47. The summed E-state index contributed by atoms with van der Waals surface area (Å²) in [6.07, 6.45) is -0.0673. The highest BCUT2D eigenvalue weighted by molar-refractivity contribution is 5.84. The first-order valence-electron chi connectivity index (χ1n) is 8.61. The zero-order chi connectivity index (χ0) is 19.2. The number of benzene rings is 2. The zero-order valence-electron chi connectivity index (χ0n) is 14.4. The van der Waals surface area contributed by atoms with E-state index in [2.05, 4.69) is 0 Å². The van der Waals surface area contributed by atoms with Crippen LogP contribution in [-0.2, 0) is 16.0 Å². The van der Waals surface area contributed by atoms with E-state index in [1.54, 1.807) is 6.07 Å². The molecule has 2 aromatic carbocycles. The summed E-state index contributed by atoms with van der Waals surface area (Å²) in [6.45, 7) is 0.314. The van der Waals surface area contributed by atoms with Gasteiger partial charge >= 0.3 is 5.97 Å². The first-order chi connectivity index (χ1) is 12.9. The number of amides is 1. The van der Waals surface area contributed by atoms with Crippen molar-refractivity contribution in [2.75, 3.05) is 19.7 Å². The molecule has 0 radical (unpaired) electrons. The van der Waals surface area contributed by atoms with Gasteiger partial charge in [-0.05, 0) is 23.8 Å². The number of carboxylic acid groups (broad SMARTS) is 1. The minimum atomic E-state index is -1.19. The van der Waals surface area contributed by atoms with Gasteiger partial charge < -0.3 is 19.8 Å². The Labute approximate surface area is 154 Å². The minimum Gasteiger partial charge on any atom is -0.505 e. The predicted octanol–water partition coefficient (Wildman–Crippen LogP) is 2.16. The Morgan fingerprint density at radius 2 is 2.04 bits per heavy atom. The summed E-state index contributed by atoms with van der Waals surface area (Å²) in [6, 6.07) is 11.1. The number of rotatable bonds is 3. The van der Waals surface area contributed by atoms with Gasteiger partial charge in [0, 0.05) is 24.6 Å². The van der Waals surface area contributed by atoms with Gasteiger partial charge in [-0.25, -0.2) is 4.39 Å². The molecule has 0 spiro atoms. The lowest BCUT2D eigenvalue weighted by atomic mass is 9.73. The van der Waals surface area contributed by atoms with Crippen LogP contribution in [0.4, 0.5) is 4.39 Å². The predicted molar refractivity (Wildman–Crippen MR) is 93.1 cm³/mol. The lowest BCUT2D eigenvalue weighted by molar-refractivity contribution is -0.152. The van der Waals surface area contributed by atoms with Crippen LogP contribution in [0.25, 0.3) is 0 Å². The second-order valence-electron chi connectivity index (χ2n) is 7.08. The van der Waals surface area contributed by atoms with E-state index < -0.39 is 23.0 Å². The summed E-state index contributed by atoms with van der Waals surface area (Å²) in [7, 11) is 0. The van der Waals surface area contributed by atoms with Crippen molar-refractivity contribution < 1.29 is 28.9 Å². The molecule has 2 N–H and O–H groups in total. The van der Waals surface area contributed by atoms with Crippen LogP contribution in [0.5, 0.6) is 11.5 Å². The Morgan fingerprint density at radius 1 is 1.26 bits per heavy atom. The lowest BCUT2D eigenvalue weighted by Gasteiger charge is -2.35. The molecule has 0 saturated carbocycles. The smallest absolute Gasteiger partial charge is 0.315 e. The van der Waals surface area contributed by atoms with Gasteiger partial charge in [-0.1, -0.05) is 24.3 Å². The summed E-state index contributed by atoms with van der Waals surface area (Å²) in [5.41, 5.74) is 0.0212. The fourth-order valence-electron chi connectivity index (χ4n) is 3.97. The monoisotopic (exact) mass is 371 g/mol. The number of hydrogen-bond acceptors (Lipinski definition) is 4. The number of aliphatic carboxylic acids is 1. The van der Waals surface area contributed by atoms with Crippen LogP contribution in [-0.4, -0.2) is 46.7 Å². The average molecular weight is 371 g/mol. The number of hydrogen-bond donors (Lipinski definition) is 2. The van der Waals surface area contributed by atoms with E-state index in [1.165, 1.54) is 17.0 Å². The molecule has 2 aromatic rings. The van der Waals surface area contributed by atoms with Crippen LogP contribution in [0.3, 0.4) is 0 Å². The first-order valence-corrected chi connectivity index (χ1v) is 8.61. The summed E-state index contributed by atoms with van der Waals surface area (Å²) in [4.78, 5) is 26.3. The number of para-hydroxylation sites is 1. The van der Waals surface area contributed by atoms with Gasteiger partial charge in [-0.3, -0.25) is 9.59 Å². The van der Waals surface area contributed by atoms with Gasteiger partial charge in [0.15, 0.2) is 11.6 Å². The normalized spacial score (nSPS) is 23.3. The van der Waals surface area contributed by atoms with E-state index in [0.29, 0.717) is 11.3 Å². The molecule has 7 heteroatoms. The molecule has 1 saturated heterocycles. The molecule has 6 nitrogen and oxygen atoms in total. The van der Waals surface area contributed by atoms with Crippen LogP contribution in [0, 0.1) is 11.2 Å². The lowest BCUT2D eigenvalue weighted by Crippen LogP contribution is -2.46. The van der Waals surface area contributed by atoms with Crippen LogP contribution >= 0.6 is 0 Å². The Bertz CT molecular complexity index is 930. The molecule has 140 valence electrons. The second-order valence-corrected chi connectivity index (χ2v) is 7.08. The highest BCUT2D eigenvalue weighted by Crippen LogP contribution is 2.49. The second kappa shape index (κ2) is 6.26. The van der Waals surface area contributed by atoms with Crippen molar-refractivity contribution in [2.45, 2.75) is 12.3 Å². The molecule has 0 bridgehead atoms. The number of likely N-dealkylation sites (tertiary alicyclic amines) is 1. The SMILES string of the molecule is O=C(Cc1ccc(O)c(F)c1)N1C[C@@H]2c3ccccc3OC[C@]2(C(=O)O)C1. The maximum absolute atomic E-state index is 13.5. The Kier molecular flexibility index (Phi) is 4.02. The summed E-state index contributed by atoms with van der Waals surface area (Å²) >= 11 is 0. The van der Waals surface area contributed by atoms with E-state index >= 15 is 0 Å². The van der Waals surface area contributed by atoms with E-state index in [0.717, 1.165) is 11.6 Å². The quantitative estimate of drug-likeness (QED) is 0.864. The van der Waals surface area contributed by atoms with Gasteiger partial charge in [0.05, 0.1) is 6.42 Å². The molecule has 0 aliphatic carbocycles. The maximum Gasteiger partial charge on any atom is 0.315 e. The van der Waals surface area contributed by atoms with Gasteiger partial charge in [0.2, 0.25) is 5.91 Å². The van der Waals surface area contributed by atoms with Crippen LogP contribution in [0.2, 0.25) is 0 Å². The molecule has 4 rings (SSSR count). The Hall–Kier alpha value is -3.09. The number of carbonyl (C=O) groups excluding carboxylic acids is 1. The number of halogens is 1. The van der Waals surface area contributed by atoms with E-state index in [9.17, 15) is 24.2 Å². The number of ether oxygens (including phenoxy) is 1. The minimum absolute atomic E-state index is 0.00162. The summed E-state index contributed by atoms with van der Waals surface area (Å²) < 4.78 is 19.2. The van der Waals surface area contributed by atoms with Crippen LogP contribution in [0.15, 0.2) is 42.5 Å². The van der Waals surface area contributed by atoms with Crippen molar-refractivity contribution in [2.24, 2.45) is 5.41 Å². The number of phenolic OH excluding ortho intramolecular Hbond substituents is 1. The fourth-order valence-corrected chi connectivity index (χ4v) is 3.97. The number of phenols is 1. The van der Waals surface area contributed by atoms with Crippen molar-refractivity contribution in [1.82, 2.24) is 4.90 Å². The van der Waals surface area contributed by atoms with Gasteiger partial charge in [0.25, 0.3) is 0 Å². The molecule has 2 heterocycles. The van der Waals surface area contributed by atoms with Crippen LogP contribution in [0.1, 0.15) is 17.0 Å². The molecule has 1 amide bonds. The Balaban J connectivity index is 1.60. The fraction of sp³-hybridized carbons (Fsp3) is 0.300. The molecule has 1 fully saturated rings. The molecule has 2 aliphatic rings. The molecule has 0 unspecified atom stereocenters. The number of fused-ring (bicyclic) bond motifs is 3. The van der Waals surface area contributed by atoms with E-state index in [4.69, 9.17) is 4.74 Å². The number of carboxylic acids is 1. The topological polar surface area (TPSA) is 87.1 Å². The molecule has 2 atom stereocenters. The van der Waals surface area contributed by atoms with Crippen molar-refractivity contribution in [3.8, 4) is 11.5 Å². The zero-order valence-corrected chi connectivity index (χ0v) is 14.4. The number of aromatic hydroxyl groups is 1. The van der Waals surface area contributed by atoms with E-state index in [-0.39, 0.29) is 37.9 Å². The highest BCUT2D eigenvalue weighted by Gasteiger charge is 2.57. The number of carbonyl (C=O) groups is 2. The molecular weight excluding hydrogens is 353 g/mol.